The standard InChI is InChI=1S/C21H23N3O3/c25-21(19-13-24-10-3-1-9-20(24)23-19)22-17-7-5-6-16(12-17)14-26-15-18-8-2-4-11-27-18/h1,3,5-7,9-10,12-13,18H,2,4,8,11,14-15H2,(H,22,25)/t18-/m1/s1. The minimum atomic E-state index is -0.229. The molecule has 3 heterocycles. The van der Waals surface area contributed by atoms with E-state index in [2.05, 4.69) is 10.3 Å². The number of ether oxygens (including phenoxy) is 2. The van der Waals surface area contributed by atoms with E-state index in [1.165, 1.54) is 6.42 Å². The highest BCUT2D eigenvalue weighted by Crippen LogP contribution is 2.16. The summed E-state index contributed by atoms with van der Waals surface area (Å²) >= 11 is 0. The van der Waals surface area contributed by atoms with Gasteiger partial charge in [0, 0.05) is 24.7 Å². The number of aromatic nitrogens is 2. The van der Waals surface area contributed by atoms with E-state index in [9.17, 15) is 4.79 Å². The Balaban J connectivity index is 1.34. The molecule has 1 fully saturated rings. The van der Waals surface area contributed by atoms with Crippen LogP contribution in [0.25, 0.3) is 5.65 Å². The van der Waals surface area contributed by atoms with Gasteiger partial charge in [0.05, 0.1) is 19.3 Å². The molecule has 2 aromatic heterocycles. The zero-order chi connectivity index (χ0) is 18.5. The number of pyridine rings is 1. The van der Waals surface area contributed by atoms with Crippen LogP contribution >= 0.6 is 0 Å². The number of nitrogens with zero attached hydrogens (tertiary/aromatic N) is 2. The molecule has 140 valence electrons. The number of imidazole rings is 1. The molecule has 1 atom stereocenters. The Morgan fingerprint density at radius 3 is 3.07 bits per heavy atom. The topological polar surface area (TPSA) is 64.9 Å². The van der Waals surface area contributed by atoms with Crippen molar-refractivity contribution in [1.82, 2.24) is 9.38 Å². The van der Waals surface area contributed by atoms with Gasteiger partial charge in [-0.1, -0.05) is 18.2 Å². The third kappa shape index (κ3) is 4.53. The number of nitrogens with one attached hydrogen (secondary N) is 1. The van der Waals surface area contributed by atoms with E-state index >= 15 is 0 Å². The van der Waals surface area contributed by atoms with Gasteiger partial charge in [-0.15, -0.1) is 0 Å². The van der Waals surface area contributed by atoms with Gasteiger partial charge in [-0.25, -0.2) is 4.98 Å². The van der Waals surface area contributed by atoms with Crippen molar-refractivity contribution in [3.8, 4) is 0 Å². The normalized spacial score (nSPS) is 17.1. The van der Waals surface area contributed by atoms with Gasteiger partial charge in [-0.3, -0.25) is 4.79 Å². The molecule has 1 amide bonds. The summed E-state index contributed by atoms with van der Waals surface area (Å²) in [5, 5.41) is 2.90. The molecule has 0 radical (unpaired) electrons. The average molecular weight is 365 g/mol. The molecule has 1 aromatic carbocycles. The Labute approximate surface area is 158 Å². The lowest BCUT2D eigenvalue weighted by Gasteiger charge is -2.22. The van der Waals surface area contributed by atoms with Crippen LogP contribution in [0.4, 0.5) is 5.69 Å². The first-order valence-corrected chi connectivity index (χ1v) is 9.31. The molecule has 6 nitrogen and oxygen atoms in total. The van der Waals surface area contributed by atoms with E-state index in [0.29, 0.717) is 18.9 Å². The number of rotatable bonds is 6. The zero-order valence-corrected chi connectivity index (χ0v) is 15.1. The maximum atomic E-state index is 12.5. The van der Waals surface area contributed by atoms with Gasteiger partial charge in [-0.05, 0) is 49.1 Å². The smallest absolute Gasteiger partial charge is 0.275 e. The van der Waals surface area contributed by atoms with E-state index in [0.717, 1.165) is 36.3 Å². The zero-order valence-electron chi connectivity index (χ0n) is 15.1. The van der Waals surface area contributed by atoms with E-state index < -0.39 is 0 Å². The number of benzene rings is 1. The van der Waals surface area contributed by atoms with Gasteiger partial charge < -0.3 is 19.2 Å². The number of carbonyl (C=O) groups excluding carboxylic acids is 1. The predicted octanol–water partition coefficient (Wildman–Crippen LogP) is 3.67. The predicted molar refractivity (Wildman–Crippen MR) is 103 cm³/mol. The summed E-state index contributed by atoms with van der Waals surface area (Å²) in [5.74, 6) is -0.229. The molecule has 0 bridgehead atoms. The highest BCUT2D eigenvalue weighted by Gasteiger charge is 2.14. The van der Waals surface area contributed by atoms with E-state index in [4.69, 9.17) is 9.47 Å². The number of carbonyl (C=O) groups is 1. The molecular weight excluding hydrogens is 342 g/mol. The molecule has 0 spiro atoms. The van der Waals surface area contributed by atoms with Crippen LogP contribution in [0.1, 0.15) is 35.3 Å². The van der Waals surface area contributed by atoms with Gasteiger partial charge in [0.1, 0.15) is 11.3 Å². The van der Waals surface area contributed by atoms with Crippen molar-refractivity contribution >= 4 is 17.2 Å². The fourth-order valence-electron chi connectivity index (χ4n) is 3.23. The van der Waals surface area contributed by atoms with E-state index in [1.807, 2.05) is 53.1 Å². The largest absolute Gasteiger partial charge is 0.376 e. The van der Waals surface area contributed by atoms with Gasteiger partial charge in [0.15, 0.2) is 0 Å². The van der Waals surface area contributed by atoms with Gasteiger partial charge in [-0.2, -0.15) is 0 Å². The first-order valence-electron chi connectivity index (χ1n) is 9.31. The van der Waals surface area contributed by atoms with Crippen molar-refractivity contribution in [1.29, 1.82) is 0 Å². The van der Waals surface area contributed by atoms with Crippen molar-refractivity contribution < 1.29 is 14.3 Å². The fraction of sp³-hybridized carbons (Fsp3) is 0.333. The van der Waals surface area contributed by atoms with Crippen LogP contribution in [-0.2, 0) is 16.1 Å². The van der Waals surface area contributed by atoms with Crippen LogP contribution in [0, 0.1) is 0 Å². The van der Waals surface area contributed by atoms with Crippen molar-refractivity contribution in [2.75, 3.05) is 18.5 Å². The third-order valence-corrected chi connectivity index (χ3v) is 4.63. The lowest BCUT2D eigenvalue weighted by molar-refractivity contribution is -0.0447. The van der Waals surface area contributed by atoms with Crippen LogP contribution in [0.15, 0.2) is 54.9 Å². The first-order chi connectivity index (χ1) is 13.3. The van der Waals surface area contributed by atoms with Gasteiger partial charge >= 0.3 is 0 Å². The lowest BCUT2D eigenvalue weighted by atomic mass is 10.1. The molecule has 1 N–H and O–H groups in total. The monoisotopic (exact) mass is 365 g/mol. The molecular formula is C21H23N3O3. The summed E-state index contributed by atoms with van der Waals surface area (Å²) in [5.41, 5.74) is 2.87. The summed E-state index contributed by atoms with van der Waals surface area (Å²) in [6.45, 7) is 1.94. The number of anilines is 1. The number of hydrogen-bond acceptors (Lipinski definition) is 4. The second kappa shape index (κ2) is 8.33. The minimum absolute atomic E-state index is 0.205. The highest BCUT2D eigenvalue weighted by molar-refractivity contribution is 6.03. The molecule has 27 heavy (non-hydrogen) atoms. The molecule has 6 heteroatoms. The molecule has 0 unspecified atom stereocenters. The Hall–Kier alpha value is -2.70. The molecule has 1 saturated heterocycles. The van der Waals surface area contributed by atoms with Gasteiger partial charge in [0.2, 0.25) is 0 Å². The maximum absolute atomic E-state index is 12.5. The van der Waals surface area contributed by atoms with Crippen LogP contribution in [-0.4, -0.2) is 34.6 Å². The Bertz CT molecular complexity index is 883. The molecule has 0 aliphatic carbocycles. The first kappa shape index (κ1) is 17.7. The second-order valence-corrected chi connectivity index (χ2v) is 6.75. The van der Waals surface area contributed by atoms with Gasteiger partial charge in [0.25, 0.3) is 5.91 Å². The summed E-state index contributed by atoms with van der Waals surface area (Å²) in [4.78, 5) is 16.8. The third-order valence-electron chi connectivity index (χ3n) is 4.63. The minimum Gasteiger partial charge on any atom is -0.376 e. The highest BCUT2D eigenvalue weighted by atomic mass is 16.5. The van der Waals surface area contributed by atoms with Crippen molar-refractivity contribution in [2.24, 2.45) is 0 Å². The second-order valence-electron chi connectivity index (χ2n) is 6.75. The molecule has 3 aromatic rings. The van der Waals surface area contributed by atoms with Crippen molar-refractivity contribution in [3.63, 3.8) is 0 Å². The molecule has 4 rings (SSSR count). The molecule has 0 saturated carbocycles. The summed E-state index contributed by atoms with van der Waals surface area (Å²) in [6.07, 6.45) is 7.21. The molecule has 1 aliphatic heterocycles. The Kier molecular flexibility index (Phi) is 5.46. The fourth-order valence-corrected chi connectivity index (χ4v) is 3.23. The quantitative estimate of drug-likeness (QED) is 0.724. The Morgan fingerprint density at radius 2 is 2.22 bits per heavy atom. The van der Waals surface area contributed by atoms with Crippen LogP contribution < -0.4 is 5.32 Å². The van der Waals surface area contributed by atoms with Crippen LogP contribution in [0.2, 0.25) is 0 Å². The van der Waals surface area contributed by atoms with Crippen molar-refractivity contribution in [3.05, 3.63) is 66.1 Å². The van der Waals surface area contributed by atoms with Crippen LogP contribution in [0.3, 0.4) is 0 Å². The maximum Gasteiger partial charge on any atom is 0.275 e. The van der Waals surface area contributed by atoms with Crippen LogP contribution in [0.5, 0.6) is 0 Å². The SMILES string of the molecule is O=C(Nc1cccc(COC[C@H]2CCCCO2)c1)c1cn2ccccc2n1. The van der Waals surface area contributed by atoms with E-state index in [1.54, 1.807) is 6.20 Å². The van der Waals surface area contributed by atoms with Crippen molar-refractivity contribution in [2.45, 2.75) is 32.0 Å². The lowest BCUT2D eigenvalue weighted by Crippen LogP contribution is -2.24. The average Bonchev–Trinajstić information content (AvgIpc) is 3.14. The summed E-state index contributed by atoms with van der Waals surface area (Å²) in [6, 6.07) is 13.4. The Morgan fingerprint density at radius 1 is 1.26 bits per heavy atom. The number of amides is 1. The molecule has 1 aliphatic rings. The number of fused-ring (bicyclic) bond motifs is 1. The number of hydrogen-bond donors (Lipinski definition) is 1. The summed E-state index contributed by atoms with van der Waals surface area (Å²) in [7, 11) is 0. The van der Waals surface area contributed by atoms with E-state index in [-0.39, 0.29) is 12.0 Å². The summed E-state index contributed by atoms with van der Waals surface area (Å²) < 4.78 is 13.3.